The lowest BCUT2D eigenvalue weighted by atomic mass is 10.1. The van der Waals surface area contributed by atoms with Gasteiger partial charge in [-0.15, -0.1) is 0 Å². The van der Waals surface area contributed by atoms with Gasteiger partial charge in [-0.05, 0) is 24.6 Å². The molecular formula is C16H20N2O3. The van der Waals surface area contributed by atoms with Crippen molar-refractivity contribution >= 4 is 5.91 Å². The van der Waals surface area contributed by atoms with E-state index in [0.29, 0.717) is 25.3 Å². The third-order valence-corrected chi connectivity index (χ3v) is 3.20. The zero-order valence-electron chi connectivity index (χ0n) is 12.6. The van der Waals surface area contributed by atoms with Gasteiger partial charge in [0, 0.05) is 19.9 Å². The second kappa shape index (κ2) is 6.92. The van der Waals surface area contributed by atoms with Crippen LogP contribution in [0.5, 0.6) is 5.75 Å². The van der Waals surface area contributed by atoms with Crippen LogP contribution in [0.15, 0.2) is 28.7 Å². The van der Waals surface area contributed by atoms with Crippen LogP contribution < -0.4 is 10.1 Å². The predicted octanol–water partition coefficient (Wildman–Crippen LogP) is 2.20. The number of nitrogens with zero attached hydrogens (tertiary/aromatic N) is 1. The minimum atomic E-state index is -0.00550. The summed E-state index contributed by atoms with van der Waals surface area (Å²) in [5, 5.41) is 2.89. The molecule has 0 radical (unpaired) electrons. The van der Waals surface area contributed by atoms with Crippen molar-refractivity contribution in [3.8, 4) is 5.75 Å². The summed E-state index contributed by atoms with van der Waals surface area (Å²) in [6.45, 7) is 4.27. The van der Waals surface area contributed by atoms with Crippen molar-refractivity contribution in [2.24, 2.45) is 0 Å². The molecule has 5 heteroatoms. The number of aryl methyl sites for hydroxylation is 2. The molecule has 0 fully saturated rings. The van der Waals surface area contributed by atoms with Gasteiger partial charge in [0.05, 0.1) is 19.2 Å². The number of amides is 1. The standard InChI is InChI=1S/C16H20N2O3/c1-11-15(21-12(2)18-11)8-9-17-16(19)10-13-4-6-14(20-3)7-5-13/h4-7H,8-10H2,1-3H3,(H,17,19). The van der Waals surface area contributed by atoms with E-state index in [9.17, 15) is 4.79 Å². The molecule has 0 saturated carbocycles. The van der Waals surface area contributed by atoms with Crippen LogP contribution in [0.3, 0.4) is 0 Å². The van der Waals surface area contributed by atoms with E-state index in [4.69, 9.17) is 9.15 Å². The number of ether oxygens (including phenoxy) is 1. The Morgan fingerprint density at radius 3 is 2.57 bits per heavy atom. The fraction of sp³-hybridized carbons (Fsp3) is 0.375. The van der Waals surface area contributed by atoms with E-state index in [-0.39, 0.29) is 5.91 Å². The van der Waals surface area contributed by atoms with Gasteiger partial charge in [-0.2, -0.15) is 0 Å². The highest BCUT2D eigenvalue weighted by Crippen LogP contribution is 2.12. The maximum atomic E-state index is 11.9. The van der Waals surface area contributed by atoms with Crippen LogP contribution in [-0.2, 0) is 17.6 Å². The Morgan fingerprint density at radius 1 is 1.29 bits per heavy atom. The van der Waals surface area contributed by atoms with Gasteiger partial charge in [-0.3, -0.25) is 4.79 Å². The molecule has 0 aliphatic carbocycles. The average molecular weight is 288 g/mol. The Kier molecular flexibility index (Phi) is 4.98. The highest BCUT2D eigenvalue weighted by molar-refractivity contribution is 5.78. The van der Waals surface area contributed by atoms with Crippen LogP contribution in [0.2, 0.25) is 0 Å². The fourth-order valence-corrected chi connectivity index (χ4v) is 2.11. The van der Waals surface area contributed by atoms with Crippen molar-refractivity contribution in [1.82, 2.24) is 10.3 Å². The Morgan fingerprint density at radius 2 is 2.00 bits per heavy atom. The maximum absolute atomic E-state index is 11.9. The van der Waals surface area contributed by atoms with Crippen molar-refractivity contribution in [2.75, 3.05) is 13.7 Å². The second-order valence-electron chi connectivity index (χ2n) is 4.87. The molecule has 1 N–H and O–H groups in total. The van der Waals surface area contributed by atoms with E-state index >= 15 is 0 Å². The van der Waals surface area contributed by atoms with Gasteiger partial charge in [0.15, 0.2) is 5.89 Å². The molecule has 1 aromatic heterocycles. The van der Waals surface area contributed by atoms with E-state index < -0.39 is 0 Å². The summed E-state index contributed by atoms with van der Waals surface area (Å²) in [7, 11) is 1.62. The number of rotatable bonds is 6. The molecule has 0 aliphatic rings. The fourth-order valence-electron chi connectivity index (χ4n) is 2.11. The average Bonchev–Trinajstić information content (AvgIpc) is 2.78. The first kappa shape index (κ1) is 15.1. The van der Waals surface area contributed by atoms with Crippen LogP contribution in [-0.4, -0.2) is 24.5 Å². The summed E-state index contributed by atoms with van der Waals surface area (Å²) in [5.74, 6) is 2.27. The zero-order chi connectivity index (χ0) is 15.2. The summed E-state index contributed by atoms with van der Waals surface area (Å²) < 4.78 is 10.5. The third-order valence-electron chi connectivity index (χ3n) is 3.20. The van der Waals surface area contributed by atoms with Crippen molar-refractivity contribution in [2.45, 2.75) is 26.7 Å². The molecule has 1 amide bonds. The Balaban J connectivity index is 1.78. The minimum Gasteiger partial charge on any atom is -0.497 e. The van der Waals surface area contributed by atoms with Gasteiger partial charge in [-0.1, -0.05) is 12.1 Å². The largest absolute Gasteiger partial charge is 0.497 e. The molecule has 1 aromatic carbocycles. The summed E-state index contributed by atoms with van der Waals surface area (Å²) in [6.07, 6.45) is 1.01. The molecule has 0 aliphatic heterocycles. The smallest absolute Gasteiger partial charge is 0.224 e. The number of aromatic nitrogens is 1. The Hall–Kier alpha value is -2.30. The molecule has 0 saturated heterocycles. The van der Waals surface area contributed by atoms with Crippen LogP contribution in [0.25, 0.3) is 0 Å². The lowest BCUT2D eigenvalue weighted by Crippen LogP contribution is -2.27. The first-order chi connectivity index (χ1) is 10.1. The van der Waals surface area contributed by atoms with Gasteiger partial charge in [0.25, 0.3) is 0 Å². The molecule has 112 valence electrons. The first-order valence-electron chi connectivity index (χ1n) is 6.91. The quantitative estimate of drug-likeness (QED) is 0.885. The highest BCUT2D eigenvalue weighted by atomic mass is 16.5. The van der Waals surface area contributed by atoms with Crippen LogP contribution >= 0.6 is 0 Å². The van der Waals surface area contributed by atoms with Crippen LogP contribution in [0, 0.1) is 13.8 Å². The van der Waals surface area contributed by atoms with E-state index in [0.717, 1.165) is 22.8 Å². The second-order valence-corrected chi connectivity index (χ2v) is 4.87. The molecular weight excluding hydrogens is 268 g/mol. The van der Waals surface area contributed by atoms with E-state index in [1.165, 1.54) is 0 Å². The number of carbonyl (C=O) groups is 1. The summed E-state index contributed by atoms with van der Waals surface area (Å²) in [6, 6.07) is 7.48. The maximum Gasteiger partial charge on any atom is 0.224 e. The summed E-state index contributed by atoms with van der Waals surface area (Å²) >= 11 is 0. The van der Waals surface area contributed by atoms with Crippen molar-refractivity contribution < 1.29 is 13.9 Å². The first-order valence-corrected chi connectivity index (χ1v) is 6.91. The SMILES string of the molecule is COc1ccc(CC(=O)NCCc2oc(C)nc2C)cc1. The molecule has 0 atom stereocenters. The molecule has 1 heterocycles. The van der Waals surface area contributed by atoms with E-state index in [2.05, 4.69) is 10.3 Å². The number of benzene rings is 1. The molecule has 5 nitrogen and oxygen atoms in total. The zero-order valence-corrected chi connectivity index (χ0v) is 12.6. The lowest BCUT2D eigenvalue weighted by Gasteiger charge is -2.05. The minimum absolute atomic E-state index is 0.00550. The van der Waals surface area contributed by atoms with Crippen LogP contribution in [0.4, 0.5) is 0 Å². The van der Waals surface area contributed by atoms with Crippen molar-refractivity contribution in [3.63, 3.8) is 0 Å². The number of carbonyl (C=O) groups excluding carboxylic acids is 1. The summed E-state index contributed by atoms with van der Waals surface area (Å²) in [5.41, 5.74) is 1.84. The number of hydrogen-bond donors (Lipinski definition) is 1. The van der Waals surface area contributed by atoms with E-state index in [1.54, 1.807) is 7.11 Å². The Labute approximate surface area is 124 Å². The van der Waals surface area contributed by atoms with E-state index in [1.807, 2.05) is 38.1 Å². The number of nitrogens with one attached hydrogen (secondary N) is 1. The molecule has 0 unspecified atom stereocenters. The third kappa shape index (κ3) is 4.34. The molecule has 2 aromatic rings. The van der Waals surface area contributed by atoms with Crippen LogP contribution in [0.1, 0.15) is 22.9 Å². The van der Waals surface area contributed by atoms with Gasteiger partial charge in [-0.25, -0.2) is 4.98 Å². The van der Waals surface area contributed by atoms with Crippen molar-refractivity contribution in [3.05, 3.63) is 47.2 Å². The summed E-state index contributed by atoms with van der Waals surface area (Å²) in [4.78, 5) is 16.1. The van der Waals surface area contributed by atoms with Crippen molar-refractivity contribution in [1.29, 1.82) is 0 Å². The monoisotopic (exact) mass is 288 g/mol. The van der Waals surface area contributed by atoms with Gasteiger partial charge in [0.1, 0.15) is 11.5 Å². The number of hydrogen-bond acceptors (Lipinski definition) is 4. The lowest BCUT2D eigenvalue weighted by molar-refractivity contribution is -0.120. The highest BCUT2D eigenvalue weighted by Gasteiger charge is 2.08. The normalized spacial score (nSPS) is 10.4. The Bertz CT molecular complexity index is 602. The van der Waals surface area contributed by atoms with Gasteiger partial charge >= 0.3 is 0 Å². The topological polar surface area (TPSA) is 64.4 Å². The predicted molar refractivity (Wildman–Crippen MR) is 79.4 cm³/mol. The number of methoxy groups -OCH3 is 1. The van der Waals surface area contributed by atoms with Gasteiger partial charge in [0.2, 0.25) is 5.91 Å². The molecule has 2 rings (SSSR count). The molecule has 21 heavy (non-hydrogen) atoms. The molecule has 0 spiro atoms. The number of oxazole rings is 1. The van der Waals surface area contributed by atoms with Gasteiger partial charge < -0.3 is 14.5 Å². The molecule has 0 bridgehead atoms.